The summed E-state index contributed by atoms with van der Waals surface area (Å²) in [6.45, 7) is 2.30. The van der Waals surface area contributed by atoms with Gasteiger partial charge in [-0.1, -0.05) is 95.7 Å². The smallest absolute Gasteiger partial charge is 0.335 e. The first-order valence-electron chi connectivity index (χ1n) is 9.61. The SMILES string of the molecule is C.CCCC1CCCCC1.O=C(O)c1ccccc1.O=C(O)c1ccccc1. The van der Waals surface area contributed by atoms with Crippen LogP contribution in [0.1, 0.15) is 80.0 Å². The van der Waals surface area contributed by atoms with E-state index in [1.807, 2.05) is 0 Å². The Morgan fingerprint density at radius 2 is 1.18 bits per heavy atom. The van der Waals surface area contributed by atoms with Gasteiger partial charge in [0.05, 0.1) is 11.1 Å². The minimum atomic E-state index is -0.879. The molecule has 0 amide bonds. The lowest BCUT2D eigenvalue weighted by Crippen LogP contribution is -2.04. The molecule has 1 aliphatic carbocycles. The number of carboxylic acid groups (broad SMARTS) is 2. The summed E-state index contributed by atoms with van der Waals surface area (Å²) in [4.78, 5) is 20.4. The average molecular weight is 387 g/mol. The van der Waals surface area contributed by atoms with Gasteiger partial charge >= 0.3 is 11.9 Å². The molecule has 0 spiro atoms. The largest absolute Gasteiger partial charge is 0.478 e. The highest BCUT2D eigenvalue weighted by molar-refractivity contribution is 5.87. The van der Waals surface area contributed by atoms with Crippen molar-refractivity contribution in [2.45, 2.75) is 59.3 Å². The summed E-state index contributed by atoms with van der Waals surface area (Å²) < 4.78 is 0. The van der Waals surface area contributed by atoms with Crippen LogP contribution in [-0.2, 0) is 0 Å². The van der Waals surface area contributed by atoms with Gasteiger partial charge in [-0.25, -0.2) is 9.59 Å². The molecular formula is C24H34O4. The van der Waals surface area contributed by atoms with Gasteiger partial charge in [0.15, 0.2) is 0 Å². The van der Waals surface area contributed by atoms with Crippen molar-refractivity contribution in [1.29, 1.82) is 0 Å². The van der Waals surface area contributed by atoms with Crippen molar-refractivity contribution >= 4 is 11.9 Å². The highest BCUT2D eigenvalue weighted by atomic mass is 16.4. The Morgan fingerprint density at radius 1 is 0.786 bits per heavy atom. The first kappa shape index (κ1) is 25.4. The van der Waals surface area contributed by atoms with E-state index in [0.29, 0.717) is 11.1 Å². The molecule has 0 bridgehead atoms. The Morgan fingerprint density at radius 3 is 1.46 bits per heavy atom. The van der Waals surface area contributed by atoms with Gasteiger partial charge in [0.1, 0.15) is 0 Å². The van der Waals surface area contributed by atoms with Gasteiger partial charge in [0.25, 0.3) is 0 Å². The minimum Gasteiger partial charge on any atom is -0.478 e. The predicted octanol–water partition coefficient (Wildman–Crippen LogP) is 6.77. The number of carbonyl (C=O) groups is 2. The lowest BCUT2D eigenvalue weighted by atomic mass is 9.86. The van der Waals surface area contributed by atoms with E-state index in [0.717, 1.165) is 5.92 Å². The molecule has 0 atom stereocenters. The van der Waals surface area contributed by atoms with E-state index in [1.165, 1.54) is 44.9 Å². The Bertz CT molecular complexity index is 595. The number of benzene rings is 2. The summed E-state index contributed by atoms with van der Waals surface area (Å²) in [5.74, 6) is -0.657. The van der Waals surface area contributed by atoms with Crippen LogP contribution >= 0.6 is 0 Å². The standard InChI is InChI=1S/C9H18.2C7H6O2.CH4/c1-2-6-9-7-4-3-5-8-9;2*8-7(9)6-4-2-1-3-5-6;/h9H,2-8H2,1H3;2*1-5H,(H,8,9);1H4. The van der Waals surface area contributed by atoms with Crippen LogP contribution in [0.4, 0.5) is 0 Å². The van der Waals surface area contributed by atoms with Gasteiger partial charge in [0, 0.05) is 0 Å². The third-order valence-electron chi connectivity index (χ3n) is 4.46. The van der Waals surface area contributed by atoms with Gasteiger partial charge in [-0.05, 0) is 30.2 Å². The molecule has 1 aliphatic rings. The Labute approximate surface area is 169 Å². The minimum absolute atomic E-state index is 0. The summed E-state index contributed by atoms with van der Waals surface area (Å²) in [6, 6.07) is 16.6. The fourth-order valence-corrected chi connectivity index (χ4v) is 3.05. The summed E-state index contributed by atoms with van der Waals surface area (Å²) in [5, 5.41) is 16.8. The van der Waals surface area contributed by atoms with Crippen molar-refractivity contribution in [3.8, 4) is 0 Å². The van der Waals surface area contributed by atoms with Gasteiger partial charge < -0.3 is 10.2 Å². The molecule has 0 saturated heterocycles. The molecule has 0 aliphatic heterocycles. The fourth-order valence-electron chi connectivity index (χ4n) is 3.05. The van der Waals surface area contributed by atoms with Crippen molar-refractivity contribution in [3.05, 3.63) is 71.8 Å². The predicted molar refractivity (Wildman–Crippen MR) is 115 cm³/mol. The lowest BCUT2D eigenvalue weighted by Gasteiger charge is -2.20. The van der Waals surface area contributed by atoms with E-state index in [9.17, 15) is 9.59 Å². The van der Waals surface area contributed by atoms with E-state index < -0.39 is 11.9 Å². The number of aromatic carboxylic acids is 2. The summed E-state index contributed by atoms with van der Waals surface area (Å²) in [5.41, 5.74) is 0.662. The van der Waals surface area contributed by atoms with E-state index in [2.05, 4.69) is 6.92 Å². The zero-order valence-electron chi connectivity index (χ0n) is 16.0. The zero-order chi connectivity index (χ0) is 19.9. The molecule has 4 heteroatoms. The van der Waals surface area contributed by atoms with E-state index in [-0.39, 0.29) is 7.43 Å². The van der Waals surface area contributed by atoms with Crippen LogP contribution in [0, 0.1) is 5.92 Å². The normalized spacial score (nSPS) is 12.9. The second-order valence-electron chi connectivity index (χ2n) is 6.64. The van der Waals surface area contributed by atoms with Crippen LogP contribution in [0.2, 0.25) is 0 Å². The molecule has 1 saturated carbocycles. The molecule has 28 heavy (non-hydrogen) atoms. The maximum atomic E-state index is 10.2. The molecule has 4 nitrogen and oxygen atoms in total. The van der Waals surface area contributed by atoms with Crippen molar-refractivity contribution in [3.63, 3.8) is 0 Å². The topological polar surface area (TPSA) is 74.6 Å². The molecule has 0 unspecified atom stereocenters. The molecule has 0 heterocycles. The van der Waals surface area contributed by atoms with E-state index in [4.69, 9.17) is 10.2 Å². The number of carboxylic acids is 2. The molecule has 0 aromatic heterocycles. The monoisotopic (exact) mass is 386 g/mol. The van der Waals surface area contributed by atoms with Gasteiger partial charge in [-0.3, -0.25) is 0 Å². The summed E-state index contributed by atoms with van der Waals surface area (Å²) >= 11 is 0. The van der Waals surface area contributed by atoms with Gasteiger partial charge in [0.2, 0.25) is 0 Å². The highest BCUT2D eigenvalue weighted by Gasteiger charge is 2.11. The van der Waals surface area contributed by atoms with Crippen molar-refractivity contribution in [2.75, 3.05) is 0 Å². The van der Waals surface area contributed by atoms with Crippen LogP contribution in [0.3, 0.4) is 0 Å². The van der Waals surface area contributed by atoms with Crippen LogP contribution in [0.5, 0.6) is 0 Å². The molecule has 2 N–H and O–H groups in total. The van der Waals surface area contributed by atoms with Crippen LogP contribution in [-0.4, -0.2) is 22.2 Å². The van der Waals surface area contributed by atoms with Crippen molar-refractivity contribution in [1.82, 2.24) is 0 Å². The van der Waals surface area contributed by atoms with Crippen LogP contribution in [0.15, 0.2) is 60.7 Å². The Hall–Kier alpha value is -2.62. The second kappa shape index (κ2) is 15.4. The number of hydrogen-bond acceptors (Lipinski definition) is 2. The van der Waals surface area contributed by atoms with Crippen molar-refractivity contribution < 1.29 is 19.8 Å². The maximum Gasteiger partial charge on any atom is 0.335 e. The number of hydrogen-bond donors (Lipinski definition) is 2. The molecule has 3 rings (SSSR count). The molecule has 154 valence electrons. The average Bonchev–Trinajstić information content (AvgIpc) is 2.71. The molecule has 1 fully saturated rings. The quantitative estimate of drug-likeness (QED) is 0.608. The second-order valence-corrected chi connectivity index (χ2v) is 6.64. The summed E-state index contributed by atoms with van der Waals surface area (Å²) in [7, 11) is 0. The Kier molecular flexibility index (Phi) is 14.0. The third kappa shape index (κ3) is 11.2. The molecule has 2 aromatic carbocycles. The van der Waals surface area contributed by atoms with Crippen LogP contribution in [0.25, 0.3) is 0 Å². The maximum absolute atomic E-state index is 10.2. The third-order valence-corrected chi connectivity index (χ3v) is 4.46. The van der Waals surface area contributed by atoms with Crippen LogP contribution < -0.4 is 0 Å². The fraction of sp³-hybridized carbons (Fsp3) is 0.417. The van der Waals surface area contributed by atoms with Crippen molar-refractivity contribution in [2.24, 2.45) is 5.92 Å². The lowest BCUT2D eigenvalue weighted by molar-refractivity contribution is 0.0686. The number of rotatable bonds is 4. The summed E-state index contributed by atoms with van der Waals surface area (Å²) in [6.07, 6.45) is 10.4. The highest BCUT2D eigenvalue weighted by Crippen LogP contribution is 2.26. The van der Waals surface area contributed by atoms with E-state index >= 15 is 0 Å². The zero-order valence-corrected chi connectivity index (χ0v) is 16.0. The molecule has 2 aromatic rings. The molecular weight excluding hydrogens is 352 g/mol. The van der Waals surface area contributed by atoms with Gasteiger partial charge in [-0.2, -0.15) is 0 Å². The van der Waals surface area contributed by atoms with Gasteiger partial charge in [-0.15, -0.1) is 0 Å². The first-order valence-corrected chi connectivity index (χ1v) is 9.61. The Balaban J connectivity index is 0.000000384. The molecule has 0 radical (unpaired) electrons. The van der Waals surface area contributed by atoms with E-state index in [1.54, 1.807) is 60.7 Å². The first-order chi connectivity index (χ1) is 13.0.